The number of rotatable bonds is 2. The molecular formula is C13H7F3N2O. The lowest BCUT2D eigenvalue weighted by Gasteiger charge is -2.10. The maximum atomic E-state index is 13.6. The van der Waals surface area contributed by atoms with Crippen LogP contribution in [0.4, 0.5) is 18.9 Å². The van der Waals surface area contributed by atoms with Crippen molar-refractivity contribution in [1.29, 1.82) is 5.26 Å². The molecule has 0 aliphatic heterocycles. The molecule has 0 heterocycles. The SMILES string of the molecule is N#Cc1cc(F)c(Oc2ccc(F)cc2N)c(F)c1. The number of hydrogen-bond donors (Lipinski definition) is 1. The van der Waals surface area contributed by atoms with Crippen LogP contribution in [-0.4, -0.2) is 0 Å². The van der Waals surface area contributed by atoms with Gasteiger partial charge in [-0.2, -0.15) is 5.26 Å². The molecule has 0 bridgehead atoms. The van der Waals surface area contributed by atoms with Gasteiger partial charge in [0.05, 0.1) is 17.3 Å². The fourth-order valence-corrected chi connectivity index (χ4v) is 1.44. The lowest BCUT2D eigenvalue weighted by Crippen LogP contribution is -1.97. The Morgan fingerprint density at radius 3 is 2.21 bits per heavy atom. The van der Waals surface area contributed by atoms with Gasteiger partial charge in [-0.25, -0.2) is 13.2 Å². The Morgan fingerprint density at radius 1 is 1.05 bits per heavy atom. The predicted octanol–water partition coefficient (Wildman–Crippen LogP) is 3.35. The smallest absolute Gasteiger partial charge is 0.198 e. The molecular weight excluding hydrogens is 257 g/mol. The first-order chi connectivity index (χ1) is 9.01. The topological polar surface area (TPSA) is 59.0 Å². The molecule has 0 fully saturated rings. The molecule has 0 radical (unpaired) electrons. The maximum absolute atomic E-state index is 13.6. The van der Waals surface area contributed by atoms with Gasteiger partial charge in [-0.3, -0.25) is 0 Å². The second-order valence-corrected chi connectivity index (χ2v) is 3.67. The van der Waals surface area contributed by atoms with Gasteiger partial charge in [0.2, 0.25) is 0 Å². The minimum atomic E-state index is -1.04. The Bertz CT molecular complexity index is 657. The molecule has 0 spiro atoms. The number of hydrogen-bond acceptors (Lipinski definition) is 3. The number of nitrogen functional groups attached to an aromatic ring is 1. The van der Waals surface area contributed by atoms with Crippen molar-refractivity contribution in [3.63, 3.8) is 0 Å². The van der Waals surface area contributed by atoms with Crippen molar-refractivity contribution in [2.45, 2.75) is 0 Å². The summed E-state index contributed by atoms with van der Waals surface area (Å²) in [5, 5.41) is 8.56. The van der Waals surface area contributed by atoms with Crippen LogP contribution in [0.25, 0.3) is 0 Å². The summed E-state index contributed by atoms with van der Waals surface area (Å²) < 4.78 is 44.9. The Hall–Kier alpha value is -2.68. The van der Waals surface area contributed by atoms with Gasteiger partial charge in [-0.1, -0.05) is 0 Å². The van der Waals surface area contributed by atoms with Gasteiger partial charge in [0, 0.05) is 6.07 Å². The first-order valence-electron chi connectivity index (χ1n) is 5.13. The minimum absolute atomic E-state index is 0.0797. The quantitative estimate of drug-likeness (QED) is 0.846. The lowest BCUT2D eigenvalue weighted by molar-refractivity contribution is 0.408. The molecule has 2 aromatic rings. The fraction of sp³-hybridized carbons (Fsp3) is 0. The molecule has 0 aliphatic rings. The van der Waals surface area contributed by atoms with Crippen LogP contribution in [0.5, 0.6) is 11.5 Å². The van der Waals surface area contributed by atoms with Crippen molar-refractivity contribution in [2.24, 2.45) is 0 Å². The van der Waals surface area contributed by atoms with E-state index in [1.165, 1.54) is 0 Å². The molecule has 19 heavy (non-hydrogen) atoms. The molecule has 96 valence electrons. The zero-order valence-electron chi connectivity index (χ0n) is 9.45. The Kier molecular flexibility index (Phi) is 3.29. The summed E-state index contributed by atoms with van der Waals surface area (Å²) in [5.41, 5.74) is 5.20. The summed E-state index contributed by atoms with van der Waals surface area (Å²) in [6.45, 7) is 0. The first-order valence-corrected chi connectivity index (χ1v) is 5.13. The lowest BCUT2D eigenvalue weighted by atomic mass is 10.2. The summed E-state index contributed by atoms with van der Waals surface area (Å²) in [7, 11) is 0. The fourth-order valence-electron chi connectivity index (χ4n) is 1.44. The monoisotopic (exact) mass is 264 g/mol. The molecule has 0 saturated heterocycles. The van der Waals surface area contributed by atoms with Crippen molar-refractivity contribution in [3.05, 3.63) is 53.3 Å². The number of nitrogens with two attached hydrogens (primary N) is 1. The zero-order chi connectivity index (χ0) is 14.0. The Balaban J connectivity index is 2.41. The highest BCUT2D eigenvalue weighted by Crippen LogP contribution is 2.32. The van der Waals surface area contributed by atoms with E-state index in [9.17, 15) is 13.2 Å². The number of anilines is 1. The summed E-state index contributed by atoms with van der Waals surface area (Å²) in [4.78, 5) is 0. The van der Waals surface area contributed by atoms with Crippen LogP contribution in [0.2, 0.25) is 0 Å². The van der Waals surface area contributed by atoms with E-state index in [0.717, 1.165) is 30.3 Å². The van der Waals surface area contributed by atoms with E-state index in [2.05, 4.69) is 0 Å². The molecule has 0 aromatic heterocycles. The van der Waals surface area contributed by atoms with E-state index in [-0.39, 0.29) is 17.0 Å². The van der Waals surface area contributed by atoms with Gasteiger partial charge in [0.25, 0.3) is 0 Å². The molecule has 0 aliphatic carbocycles. The number of ether oxygens (including phenoxy) is 1. The summed E-state index contributed by atoms with van der Waals surface area (Å²) in [6.07, 6.45) is 0. The third-order valence-electron chi connectivity index (χ3n) is 2.31. The average molecular weight is 264 g/mol. The van der Waals surface area contributed by atoms with E-state index >= 15 is 0 Å². The van der Waals surface area contributed by atoms with Gasteiger partial charge in [-0.15, -0.1) is 0 Å². The van der Waals surface area contributed by atoms with Gasteiger partial charge in [0.1, 0.15) is 5.82 Å². The van der Waals surface area contributed by atoms with Crippen molar-refractivity contribution in [2.75, 3.05) is 5.73 Å². The molecule has 2 N–H and O–H groups in total. The van der Waals surface area contributed by atoms with Crippen molar-refractivity contribution in [3.8, 4) is 17.6 Å². The second kappa shape index (κ2) is 4.90. The normalized spacial score (nSPS) is 10.0. The number of nitrogens with zero attached hydrogens (tertiary/aromatic N) is 1. The number of halogens is 3. The van der Waals surface area contributed by atoms with E-state index in [1.807, 2.05) is 0 Å². The summed E-state index contributed by atoms with van der Waals surface area (Å²) in [5.74, 6) is -3.45. The maximum Gasteiger partial charge on any atom is 0.198 e. The van der Waals surface area contributed by atoms with E-state index in [1.54, 1.807) is 6.07 Å². The van der Waals surface area contributed by atoms with E-state index < -0.39 is 23.2 Å². The molecule has 0 atom stereocenters. The van der Waals surface area contributed by atoms with Crippen molar-refractivity contribution in [1.82, 2.24) is 0 Å². The number of nitriles is 1. The zero-order valence-corrected chi connectivity index (χ0v) is 9.45. The van der Waals surface area contributed by atoms with Crippen molar-refractivity contribution < 1.29 is 17.9 Å². The molecule has 2 rings (SSSR count). The first kappa shape index (κ1) is 12.8. The van der Waals surface area contributed by atoms with Gasteiger partial charge >= 0.3 is 0 Å². The molecule has 0 saturated carbocycles. The van der Waals surface area contributed by atoms with Crippen LogP contribution in [0.15, 0.2) is 30.3 Å². The molecule has 6 heteroatoms. The molecule has 2 aromatic carbocycles. The molecule has 3 nitrogen and oxygen atoms in total. The molecule has 0 amide bonds. The largest absolute Gasteiger partial charge is 0.449 e. The summed E-state index contributed by atoms with van der Waals surface area (Å²) >= 11 is 0. The van der Waals surface area contributed by atoms with E-state index in [0.29, 0.717) is 0 Å². The van der Waals surface area contributed by atoms with Gasteiger partial charge < -0.3 is 10.5 Å². The Labute approximate surface area is 106 Å². The van der Waals surface area contributed by atoms with E-state index in [4.69, 9.17) is 15.7 Å². The average Bonchev–Trinajstić information content (AvgIpc) is 2.35. The highest BCUT2D eigenvalue weighted by Gasteiger charge is 2.15. The molecule has 0 unspecified atom stereocenters. The van der Waals surface area contributed by atoms with Gasteiger partial charge in [-0.05, 0) is 24.3 Å². The van der Waals surface area contributed by atoms with Crippen molar-refractivity contribution >= 4 is 5.69 Å². The van der Waals surface area contributed by atoms with Crippen LogP contribution in [-0.2, 0) is 0 Å². The third kappa shape index (κ3) is 2.60. The van der Waals surface area contributed by atoms with Crippen LogP contribution >= 0.6 is 0 Å². The van der Waals surface area contributed by atoms with Crippen LogP contribution in [0.3, 0.4) is 0 Å². The predicted molar refractivity (Wildman–Crippen MR) is 62.0 cm³/mol. The highest BCUT2D eigenvalue weighted by molar-refractivity contribution is 5.54. The van der Waals surface area contributed by atoms with Crippen LogP contribution < -0.4 is 10.5 Å². The number of benzene rings is 2. The van der Waals surface area contributed by atoms with Crippen LogP contribution in [0, 0.1) is 28.8 Å². The van der Waals surface area contributed by atoms with Gasteiger partial charge in [0.15, 0.2) is 23.1 Å². The standard InChI is InChI=1S/C13H7F3N2O/c14-8-1-2-12(11(18)5-8)19-13-9(15)3-7(6-17)4-10(13)16/h1-5H,18H2. The second-order valence-electron chi connectivity index (χ2n) is 3.67. The Morgan fingerprint density at radius 2 is 1.68 bits per heavy atom. The third-order valence-corrected chi connectivity index (χ3v) is 2.31. The minimum Gasteiger partial charge on any atom is -0.449 e. The summed E-state index contributed by atoms with van der Waals surface area (Å²) in [6, 6.07) is 6.44. The van der Waals surface area contributed by atoms with Crippen LogP contribution in [0.1, 0.15) is 5.56 Å². The highest BCUT2D eigenvalue weighted by atomic mass is 19.1.